The van der Waals surface area contributed by atoms with Crippen LogP contribution in [0.25, 0.3) is 11.2 Å². The molecule has 2 aromatic rings. The number of aliphatic hydroxyl groups is 3. The van der Waals surface area contributed by atoms with E-state index in [-0.39, 0.29) is 5.82 Å². The molecule has 5 N–H and O–H groups in total. The summed E-state index contributed by atoms with van der Waals surface area (Å²) in [6.45, 7) is -0.395. The summed E-state index contributed by atoms with van der Waals surface area (Å²) in [5.41, 5.74) is 6.54. The summed E-state index contributed by atoms with van der Waals surface area (Å²) in [6, 6.07) is 0. The molecule has 0 amide bonds. The summed E-state index contributed by atoms with van der Waals surface area (Å²) in [6.07, 6.45) is -1.45. The maximum absolute atomic E-state index is 9.96. The first kappa shape index (κ1) is 12.2. The number of anilines is 1. The highest BCUT2D eigenvalue weighted by Crippen LogP contribution is 2.32. The number of nitrogens with two attached hydrogens (primary N) is 1. The summed E-state index contributed by atoms with van der Waals surface area (Å²) >= 11 is 0. The highest BCUT2D eigenvalue weighted by molar-refractivity contribution is 5.81. The summed E-state index contributed by atoms with van der Waals surface area (Å²) in [5.74, 6) is 0.195. The third-order valence-electron chi connectivity index (χ3n) is 3.19. The molecule has 0 unspecified atom stereocenters. The van der Waals surface area contributed by atoms with Crippen LogP contribution < -0.4 is 5.73 Å². The highest BCUT2D eigenvalue weighted by atomic mass is 16.6. The molecule has 9 heteroatoms. The van der Waals surface area contributed by atoms with E-state index in [9.17, 15) is 10.2 Å². The second-order valence-corrected chi connectivity index (χ2v) is 4.31. The predicted molar refractivity (Wildman–Crippen MR) is 62.7 cm³/mol. The quantitative estimate of drug-likeness (QED) is 0.491. The molecule has 0 spiro atoms. The summed E-state index contributed by atoms with van der Waals surface area (Å²) in [5, 5.41) is 28.8. The Balaban J connectivity index is 2.06. The largest absolute Gasteiger partial charge is 0.394 e. The lowest BCUT2D eigenvalue weighted by Gasteiger charge is -2.17. The number of imidazole rings is 1. The normalized spacial score (nSPS) is 31.1. The van der Waals surface area contributed by atoms with Crippen molar-refractivity contribution in [1.29, 1.82) is 0 Å². The molecular formula is C10H13N5O4. The van der Waals surface area contributed by atoms with Gasteiger partial charge in [0, 0.05) is 0 Å². The van der Waals surface area contributed by atoms with Gasteiger partial charge in [-0.05, 0) is 0 Å². The Kier molecular flexibility index (Phi) is 2.82. The van der Waals surface area contributed by atoms with E-state index in [0.29, 0.717) is 11.2 Å². The molecule has 3 heterocycles. The minimum absolute atomic E-state index is 0.195. The first-order chi connectivity index (χ1) is 9.13. The van der Waals surface area contributed by atoms with Crippen molar-refractivity contribution in [2.24, 2.45) is 0 Å². The topological polar surface area (TPSA) is 140 Å². The van der Waals surface area contributed by atoms with E-state index in [4.69, 9.17) is 15.6 Å². The first-order valence-corrected chi connectivity index (χ1v) is 5.69. The van der Waals surface area contributed by atoms with E-state index in [0.717, 1.165) is 0 Å². The van der Waals surface area contributed by atoms with E-state index in [1.807, 2.05) is 0 Å². The Morgan fingerprint density at radius 2 is 2.05 bits per heavy atom. The summed E-state index contributed by atoms with van der Waals surface area (Å²) in [7, 11) is 0. The van der Waals surface area contributed by atoms with Crippen molar-refractivity contribution in [1.82, 2.24) is 19.5 Å². The standard InChI is InChI=1S/C10H13N5O4/c11-8-5-9(13-2-12-8)14-3-15(5)10-7(18)6(17)4(1-16)19-10/h2-4,6-7,10,16-18H,1H2,(H2,11,12,13)/t4-,6-,7-,10-/m1/s1. The van der Waals surface area contributed by atoms with Gasteiger partial charge in [0.2, 0.25) is 0 Å². The van der Waals surface area contributed by atoms with Crippen LogP contribution in [0.4, 0.5) is 5.82 Å². The fourth-order valence-corrected chi connectivity index (χ4v) is 2.20. The van der Waals surface area contributed by atoms with Crippen LogP contribution >= 0.6 is 0 Å². The fraction of sp³-hybridized carbons (Fsp3) is 0.500. The zero-order valence-electron chi connectivity index (χ0n) is 9.79. The lowest BCUT2D eigenvalue weighted by molar-refractivity contribution is -0.0508. The van der Waals surface area contributed by atoms with Crippen LogP contribution in [0.3, 0.4) is 0 Å². The van der Waals surface area contributed by atoms with Gasteiger partial charge in [0.05, 0.1) is 6.61 Å². The fourth-order valence-electron chi connectivity index (χ4n) is 2.20. The molecule has 4 atom stereocenters. The lowest BCUT2D eigenvalue weighted by atomic mass is 10.1. The Morgan fingerprint density at radius 3 is 2.74 bits per heavy atom. The molecule has 0 bridgehead atoms. The smallest absolute Gasteiger partial charge is 0.183 e. The third kappa shape index (κ3) is 1.75. The second kappa shape index (κ2) is 4.38. The van der Waals surface area contributed by atoms with Crippen molar-refractivity contribution in [3.8, 4) is 0 Å². The Morgan fingerprint density at radius 1 is 1.26 bits per heavy atom. The van der Waals surface area contributed by atoms with Crippen LogP contribution in [0.5, 0.6) is 0 Å². The average Bonchev–Trinajstić information content (AvgIpc) is 2.94. The van der Waals surface area contributed by atoms with Gasteiger partial charge in [-0.1, -0.05) is 0 Å². The van der Waals surface area contributed by atoms with Gasteiger partial charge in [0.1, 0.15) is 36.5 Å². The van der Waals surface area contributed by atoms with E-state index < -0.39 is 31.1 Å². The zero-order valence-corrected chi connectivity index (χ0v) is 9.79. The second-order valence-electron chi connectivity index (χ2n) is 4.31. The molecule has 1 fully saturated rings. The maximum atomic E-state index is 9.96. The lowest BCUT2D eigenvalue weighted by Crippen LogP contribution is -2.33. The number of hydrogen-bond donors (Lipinski definition) is 4. The number of rotatable bonds is 2. The number of hydrogen-bond acceptors (Lipinski definition) is 8. The molecule has 1 aliphatic heterocycles. The number of aliphatic hydroxyl groups excluding tert-OH is 3. The van der Waals surface area contributed by atoms with Gasteiger partial charge >= 0.3 is 0 Å². The van der Waals surface area contributed by atoms with E-state index in [1.165, 1.54) is 17.2 Å². The molecule has 102 valence electrons. The van der Waals surface area contributed by atoms with Crippen LogP contribution in [-0.4, -0.2) is 59.8 Å². The summed E-state index contributed by atoms with van der Waals surface area (Å²) in [4.78, 5) is 11.8. The molecule has 2 aromatic heterocycles. The molecule has 0 aromatic carbocycles. The maximum Gasteiger partial charge on any atom is 0.183 e. The van der Waals surface area contributed by atoms with Crippen molar-refractivity contribution in [2.45, 2.75) is 24.5 Å². The number of nitrogens with zero attached hydrogens (tertiary/aromatic N) is 4. The number of ether oxygens (including phenoxy) is 1. The number of nitrogen functional groups attached to an aromatic ring is 1. The van der Waals surface area contributed by atoms with Gasteiger partial charge in [0.15, 0.2) is 17.7 Å². The van der Waals surface area contributed by atoms with Gasteiger partial charge in [-0.15, -0.1) is 0 Å². The third-order valence-corrected chi connectivity index (χ3v) is 3.19. The number of fused-ring (bicyclic) bond motifs is 1. The van der Waals surface area contributed by atoms with Gasteiger partial charge in [-0.25, -0.2) is 15.0 Å². The van der Waals surface area contributed by atoms with Gasteiger partial charge < -0.3 is 25.8 Å². The van der Waals surface area contributed by atoms with Gasteiger partial charge in [0.25, 0.3) is 0 Å². The Bertz CT molecular complexity index is 603. The molecule has 3 rings (SSSR count). The van der Waals surface area contributed by atoms with Crippen LogP contribution in [0.2, 0.25) is 0 Å². The monoisotopic (exact) mass is 267 g/mol. The molecule has 1 aliphatic rings. The highest BCUT2D eigenvalue weighted by Gasteiger charge is 2.43. The zero-order chi connectivity index (χ0) is 13.6. The van der Waals surface area contributed by atoms with E-state index in [1.54, 1.807) is 0 Å². The minimum Gasteiger partial charge on any atom is -0.394 e. The molecule has 1 saturated heterocycles. The van der Waals surface area contributed by atoms with Crippen LogP contribution in [0.15, 0.2) is 12.7 Å². The van der Waals surface area contributed by atoms with Crippen LogP contribution in [0.1, 0.15) is 6.23 Å². The molecular weight excluding hydrogens is 254 g/mol. The van der Waals surface area contributed by atoms with Crippen molar-refractivity contribution in [3.05, 3.63) is 12.7 Å². The van der Waals surface area contributed by atoms with Crippen molar-refractivity contribution < 1.29 is 20.1 Å². The van der Waals surface area contributed by atoms with Crippen molar-refractivity contribution in [2.75, 3.05) is 12.3 Å². The number of aromatic nitrogens is 4. The predicted octanol–water partition coefficient (Wildman–Crippen LogP) is -1.98. The van der Waals surface area contributed by atoms with Crippen molar-refractivity contribution in [3.63, 3.8) is 0 Å². The van der Waals surface area contributed by atoms with Gasteiger partial charge in [-0.2, -0.15) is 0 Å². The molecule has 0 radical (unpaired) electrons. The van der Waals surface area contributed by atoms with Crippen LogP contribution in [0, 0.1) is 0 Å². The minimum atomic E-state index is -1.20. The average molecular weight is 267 g/mol. The Labute approximate surface area is 107 Å². The van der Waals surface area contributed by atoms with Crippen molar-refractivity contribution >= 4 is 17.0 Å². The summed E-state index contributed by atoms with van der Waals surface area (Å²) < 4.78 is 6.86. The molecule has 0 saturated carbocycles. The van der Waals surface area contributed by atoms with Gasteiger partial charge in [-0.3, -0.25) is 4.57 Å². The van der Waals surface area contributed by atoms with E-state index in [2.05, 4.69) is 15.0 Å². The Hall–Kier alpha value is -1.81. The molecule has 19 heavy (non-hydrogen) atoms. The SMILES string of the molecule is Nc1ncnc2ncn([C@@H]3O[C@H](CO)[C@@H](O)[C@H]3O)c12. The molecule has 9 nitrogen and oxygen atoms in total. The van der Waals surface area contributed by atoms with Crippen LogP contribution in [-0.2, 0) is 4.74 Å². The van der Waals surface area contributed by atoms with E-state index >= 15 is 0 Å². The molecule has 0 aliphatic carbocycles. The first-order valence-electron chi connectivity index (χ1n) is 5.69.